The maximum Gasteiger partial charge on any atom is 0.338 e. The van der Waals surface area contributed by atoms with E-state index in [-0.39, 0.29) is 32.3 Å². The molecule has 28 heavy (non-hydrogen) atoms. The highest BCUT2D eigenvalue weighted by Gasteiger charge is 2.35. The minimum atomic E-state index is -3.95. The summed E-state index contributed by atoms with van der Waals surface area (Å²) in [7, 11) is -3.95. The van der Waals surface area contributed by atoms with E-state index in [0.717, 1.165) is 6.07 Å². The second-order valence-corrected chi connectivity index (χ2v) is 8.85. The number of carbonyl (C=O) groups excluding carboxylic acids is 3. The van der Waals surface area contributed by atoms with Crippen LogP contribution >= 0.6 is 11.3 Å². The first kappa shape index (κ1) is 18.3. The quantitative estimate of drug-likeness (QED) is 0.377. The van der Waals surface area contributed by atoms with E-state index in [1.54, 1.807) is 23.6 Å². The Morgan fingerprint density at radius 2 is 1.68 bits per heavy atom. The molecule has 0 unspecified atom stereocenters. The Morgan fingerprint density at radius 1 is 0.929 bits per heavy atom. The topological polar surface area (TPSA) is 94.6 Å². The highest BCUT2D eigenvalue weighted by Crippen LogP contribution is 2.34. The monoisotopic (exact) mass is 412 g/mol. The van der Waals surface area contributed by atoms with Crippen LogP contribution in [0.5, 0.6) is 0 Å². The minimum Gasteiger partial charge on any atom is -0.454 e. The van der Waals surface area contributed by atoms with Crippen LogP contribution in [0, 0.1) is 0 Å². The van der Waals surface area contributed by atoms with Crippen LogP contribution in [0.4, 0.5) is 0 Å². The van der Waals surface area contributed by atoms with E-state index in [1.165, 1.54) is 41.7 Å². The van der Waals surface area contributed by atoms with Gasteiger partial charge in [0.05, 0.1) is 20.2 Å². The number of fused-ring (bicyclic) bond motifs is 2. The summed E-state index contributed by atoms with van der Waals surface area (Å²) in [5, 5.41) is 1.73. The van der Waals surface area contributed by atoms with E-state index in [4.69, 9.17) is 4.74 Å². The van der Waals surface area contributed by atoms with Gasteiger partial charge in [0.1, 0.15) is 0 Å². The van der Waals surface area contributed by atoms with Crippen molar-refractivity contribution in [3.05, 3.63) is 81.5 Å². The number of hydrogen-bond donors (Lipinski definition) is 0. The van der Waals surface area contributed by atoms with Gasteiger partial charge in [-0.3, -0.25) is 9.59 Å². The van der Waals surface area contributed by atoms with E-state index < -0.39 is 28.2 Å². The van der Waals surface area contributed by atoms with Crippen molar-refractivity contribution < 1.29 is 27.5 Å². The average molecular weight is 412 g/mol. The van der Waals surface area contributed by atoms with Crippen molar-refractivity contribution >= 4 is 38.7 Å². The van der Waals surface area contributed by atoms with Gasteiger partial charge in [0, 0.05) is 11.1 Å². The molecule has 2 heterocycles. The number of hydrogen-bond acceptors (Lipinski definition) is 7. The van der Waals surface area contributed by atoms with E-state index in [2.05, 4.69) is 0 Å². The zero-order chi connectivity index (χ0) is 19.9. The molecule has 0 saturated heterocycles. The maximum atomic E-state index is 12.9. The molecule has 140 valence electrons. The van der Waals surface area contributed by atoms with Gasteiger partial charge >= 0.3 is 5.97 Å². The SMILES string of the molecule is O=C(OCC(=O)c1cccs1)c1ccc2c(c1)S(=O)(=O)c1ccccc1C2=O. The summed E-state index contributed by atoms with van der Waals surface area (Å²) in [5.41, 5.74) is 0.0604. The van der Waals surface area contributed by atoms with Crippen LogP contribution in [0.1, 0.15) is 36.0 Å². The molecule has 0 radical (unpaired) electrons. The Labute approximate surface area is 164 Å². The molecule has 0 N–H and O–H groups in total. The van der Waals surface area contributed by atoms with Gasteiger partial charge in [-0.1, -0.05) is 18.2 Å². The molecule has 0 aliphatic carbocycles. The number of sulfone groups is 1. The van der Waals surface area contributed by atoms with Gasteiger partial charge in [0.25, 0.3) is 0 Å². The van der Waals surface area contributed by atoms with Crippen LogP contribution in [0.2, 0.25) is 0 Å². The third-order valence-electron chi connectivity index (χ3n) is 4.30. The lowest BCUT2D eigenvalue weighted by Crippen LogP contribution is -2.21. The number of esters is 1. The zero-order valence-corrected chi connectivity index (χ0v) is 15.9. The predicted molar refractivity (Wildman–Crippen MR) is 101 cm³/mol. The zero-order valence-electron chi connectivity index (χ0n) is 14.2. The number of Topliss-reactive ketones (excluding diaryl/α,β-unsaturated/α-hetero) is 1. The summed E-state index contributed by atoms with van der Waals surface area (Å²) in [5.74, 6) is -1.61. The maximum absolute atomic E-state index is 12.9. The number of ether oxygens (including phenoxy) is 1. The number of benzene rings is 2. The van der Waals surface area contributed by atoms with Crippen molar-refractivity contribution in [3.8, 4) is 0 Å². The Bertz CT molecular complexity index is 1220. The Morgan fingerprint density at radius 3 is 2.43 bits per heavy atom. The molecule has 8 heteroatoms. The van der Waals surface area contributed by atoms with Gasteiger partial charge in [-0.25, -0.2) is 13.2 Å². The normalized spacial score (nSPS) is 14.1. The molecule has 0 spiro atoms. The van der Waals surface area contributed by atoms with E-state index in [9.17, 15) is 22.8 Å². The van der Waals surface area contributed by atoms with Crippen LogP contribution < -0.4 is 0 Å². The highest BCUT2D eigenvalue weighted by molar-refractivity contribution is 7.91. The lowest BCUT2D eigenvalue weighted by Gasteiger charge is -2.19. The standard InChI is InChI=1S/C20H12O6S2/c21-15(16-5-3-9-27-16)11-26-20(23)12-7-8-14-18(10-12)28(24,25)17-6-2-1-4-13(17)19(14)22/h1-10H,11H2. The summed E-state index contributed by atoms with van der Waals surface area (Å²) in [6.07, 6.45) is 0. The third-order valence-corrected chi connectivity index (χ3v) is 7.07. The molecule has 0 saturated carbocycles. The molecule has 1 aliphatic rings. The number of ketones is 2. The molecule has 0 bridgehead atoms. The molecule has 3 aromatic rings. The second kappa shape index (κ2) is 6.81. The molecule has 0 amide bonds. The van der Waals surface area contributed by atoms with Crippen LogP contribution in [-0.2, 0) is 14.6 Å². The smallest absolute Gasteiger partial charge is 0.338 e. The molecular formula is C20H12O6S2. The molecular weight excluding hydrogens is 400 g/mol. The number of rotatable bonds is 4. The van der Waals surface area contributed by atoms with E-state index in [1.807, 2.05) is 0 Å². The summed E-state index contributed by atoms with van der Waals surface area (Å²) in [4.78, 5) is 37.0. The van der Waals surface area contributed by atoms with Gasteiger partial charge in [-0.15, -0.1) is 11.3 Å². The molecule has 1 aromatic heterocycles. The summed E-state index contributed by atoms with van der Waals surface area (Å²) in [6.45, 7) is -0.453. The lowest BCUT2D eigenvalue weighted by molar-refractivity contribution is 0.0475. The van der Waals surface area contributed by atoms with Crippen molar-refractivity contribution in [2.45, 2.75) is 9.79 Å². The molecule has 2 aromatic carbocycles. The third kappa shape index (κ3) is 2.96. The molecule has 4 rings (SSSR count). The largest absolute Gasteiger partial charge is 0.454 e. The Balaban J connectivity index is 1.64. The van der Waals surface area contributed by atoms with Crippen LogP contribution in [0.15, 0.2) is 69.8 Å². The van der Waals surface area contributed by atoms with Crippen molar-refractivity contribution in [1.29, 1.82) is 0 Å². The molecule has 6 nitrogen and oxygen atoms in total. The van der Waals surface area contributed by atoms with E-state index in [0.29, 0.717) is 4.88 Å². The summed E-state index contributed by atoms with van der Waals surface area (Å²) in [6, 6.07) is 13.0. The predicted octanol–water partition coefficient (Wildman–Crippen LogP) is 3.17. The van der Waals surface area contributed by atoms with Crippen LogP contribution in [-0.4, -0.2) is 32.6 Å². The van der Waals surface area contributed by atoms with Gasteiger partial charge in [-0.2, -0.15) is 0 Å². The fourth-order valence-corrected chi connectivity index (χ4v) is 5.26. The Kier molecular flexibility index (Phi) is 4.44. The molecule has 0 atom stereocenters. The van der Waals surface area contributed by atoms with Gasteiger partial charge in [0.2, 0.25) is 15.6 Å². The number of carbonyl (C=O) groups is 3. The Hall–Kier alpha value is -3.10. The summed E-state index contributed by atoms with van der Waals surface area (Å²) < 4.78 is 30.8. The number of thiophene rings is 1. The minimum absolute atomic E-state index is 0.00455. The fraction of sp³-hybridized carbons (Fsp3) is 0.0500. The van der Waals surface area contributed by atoms with Gasteiger partial charge in [-0.05, 0) is 41.8 Å². The van der Waals surface area contributed by atoms with Crippen LogP contribution in [0.3, 0.4) is 0 Å². The van der Waals surface area contributed by atoms with Crippen LogP contribution in [0.25, 0.3) is 0 Å². The van der Waals surface area contributed by atoms with Crippen molar-refractivity contribution in [2.75, 3.05) is 6.61 Å². The van der Waals surface area contributed by atoms with Crippen molar-refractivity contribution in [2.24, 2.45) is 0 Å². The lowest BCUT2D eigenvalue weighted by atomic mass is 10.0. The second-order valence-electron chi connectivity index (χ2n) is 6.02. The van der Waals surface area contributed by atoms with Crippen molar-refractivity contribution in [3.63, 3.8) is 0 Å². The summed E-state index contributed by atoms with van der Waals surface area (Å²) >= 11 is 1.23. The average Bonchev–Trinajstić information content (AvgIpc) is 3.25. The van der Waals surface area contributed by atoms with E-state index >= 15 is 0 Å². The molecule has 0 fully saturated rings. The van der Waals surface area contributed by atoms with Gasteiger partial charge < -0.3 is 4.74 Å². The van der Waals surface area contributed by atoms with Crippen molar-refractivity contribution in [1.82, 2.24) is 0 Å². The first-order valence-corrected chi connectivity index (χ1v) is 10.5. The fourth-order valence-electron chi connectivity index (χ4n) is 2.93. The first-order chi connectivity index (χ1) is 13.4. The first-order valence-electron chi connectivity index (χ1n) is 8.16. The molecule has 1 aliphatic heterocycles. The highest BCUT2D eigenvalue weighted by atomic mass is 32.2. The van der Waals surface area contributed by atoms with Gasteiger partial charge in [0.15, 0.2) is 12.4 Å².